The van der Waals surface area contributed by atoms with Crippen LogP contribution in [0.3, 0.4) is 0 Å². The molecule has 3 saturated heterocycles. The van der Waals surface area contributed by atoms with Crippen LogP contribution in [0.4, 0.5) is 24.0 Å². The Morgan fingerprint density at radius 1 is 1.29 bits per heavy atom. The fourth-order valence-corrected chi connectivity index (χ4v) is 8.90. The van der Waals surface area contributed by atoms with Gasteiger partial charge in [-0.05, 0) is 37.4 Å². The Hall–Kier alpha value is -3.57. The quantitative estimate of drug-likeness (QED) is 0.290. The molecular formula is C31H28ClF3N6O3S. The number of hydrogen-bond acceptors (Lipinski definition) is 10. The van der Waals surface area contributed by atoms with Crippen molar-refractivity contribution in [2.24, 2.45) is 0 Å². The number of benzene rings is 2. The number of rotatable bonds is 4. The zero-order valence-corrected chi connectivity index (χ0v) is 25.8. The van der Waals surface area contributed by atoms with E-state index in [1.54, 1.807) is 0 Å². The number of nitriles is 1. The Morgan fingerprint density at radius 2 is 2.13 bits per heavy atom. The second-order valence-electron chi connectivity index (χ2n) is 12.2. The average Bonchev–Trinajstić information content (AvgIpc) is 3.65. The highest BCUT2D eigenvalue weighted by Gasteiger charge is 2.49. The number of halogens is 4. The summed E-state index contributed by atoms with van der Waals surface area (Å²) < 4.78 is 65.0. The predicted octanol–water partition coefficient (Wildman–Crippen LogP) is 5.84. The SMILES string of the molecule is CN1c2nc(OC[C@@]34CCCN3C[C@H](F)C4)nc3c(F)c(-c4ccc(F)c5sc(N)c(C#N)c45)c(Cl)c(c23)OC2COCCC21. The van der Waals surface area contributed by atoms with Crippen molar-refractivity contribution in [3.63, 3.8) is 0 Å². The maximum atomic E-state index is 17.0. The van der Waals surface area contributed by atoms with Crippen LogP contribution in [0.5, 0.6) is 11.8 Å². The van der Waals surface area contributed by atoms with E-state index in [1.807, 2.05) is 18.0 Å². The van der Waals surface area contributed by atoms with Gasteiger partial charge in [-0.3, -0.25) is 4.90 Å². The molecule has 4 aliphatic heterocycles. The molecule has 0 spiro atoms. The van der Waals surface area contributed by atoms with Crippen LogP contribution in [0.15, 0.2) is 12.1 Å². The Balaban J connectivity index is 1.35. The maximum Gasteiger partial charge on any atom is 0.319 e. The normalized spacial score (nSPS) is 26.0. The summed E-state index contributed by atoms with van der Waals surface area (Å²) in [4.78, 5) is 13.4. The highest BCUT2D eigenvalue weighted by Crippen LogP contribution is 2.52. The zero-order chi connectivity index (χ0) is 31.2. The van der Waals surface area contributed by atoms with Crippen LogP contribution in [-0.2, 0) is 4.74 Å². The van der Waals surface area contributed by atoms with E-state index >= 15 is 4.39 Å². The summed E-state index contributed by atoms with van der Waals surface area (Å²) in [6.45, 7) is 2.09. The zero-order valence-electron chi connectivity index (χ0n) is 24.2. The number of aromatic nitrogens is 2. The van der Waals surface area contributed by atoms with Gasteiger partial charge < -0.3 is 24.8 Å². The molecule has 0 radical (unpaired) electrons. The van der Waals surface area contributed by atoms with Crippen LogP contribution in [0.25, 0.3) is 32.1 Å². The first-order chi connectivity index (χ1) is 21.7. The summed E-state index contributed by atoms with van der Waals surface area (Å²) in [5.74, 6) is -0.864. The highest BCUT2D eigenvalue weighted by atomic mass is 35.5. The van der Waals surface area contributed by atoms with Crippen molar-refractivity contribution in [2.45, 2.75) is 49.5 Å². The summed E-state index contributed by atoms with van der Waals surface area (Å²) in [5.41, 5.74) is 5.62. The van der Waals surface area contributed by atoms with Crippen LogP contribution in [0.2, 0.25) is 5.02 Å². The van der Waals surface area contributed by atoms with Crippen molar-refractivity contribution in [3.05, 3.63) is 34.4 Å². The topological polar surface area (TPSA) is 110 Å². The number of ether oxygens (including phenoxy) is 3. The van der Waals surface area contributed by atoms with Crippen LogP contribution in [-0.4, -0.2) is 78.7 Å². The smallest absolute Gasteiger partial charge is 0.319 e. The average molecular weight is 657 g/mol. The number of likely N-dealkylation sites (N-methyl/N-ethyl adjacent to an activating group) is 1. The lowest BCUT2D eigenvalue weighted by Gasteiger charge is -2.36. The molecule has 2 aromatic heterocycles. The van der Waals surface area contributed by atoms with E-state index in [2.05, 4.69) is 9.88 Å². The molecule has 8 rings (SSSR count). The van der Waals surface area contributed by atoms with Crippen molar-refractivity contribution in [1.82, 2.24) is 14.9 Å². The number of anilines is 2. The molecule has 4 aliphatic rings. The monoisotopic (exact) mass is 656 g/mol. The van der Waals surface area contributed by atoms with Gasteiger partial charge >= 0.3 is 6.01 Å². The molecule has 2 N–H and O–H groups in total. The number of fused-ring (bicyclic) bond motifs is 3. The summed E-state index contributed by atoms with van der Waals surface area (Å²) >= 11 is 7.94. The first-order valence-corrected chi connectivity index (χ1v) is 16.0. The number of nitrogen functional groups attached to an aromatic ring is 1. The lowest BCUT2D eigenvalue weighted by molar-refractivity contribution is -0.00451. The van der Waals surface area contributed by atoms with Crippen molar-refractivity contribution in [2.75, 3.05) is 50.6 Å². The molecule has 0 aliphatic carbocycles. The third-order valence-electron chi connectivity index (χ3n) is 9.74. The van der Waals surface area contributed by atoms with Crippen LogP contribution >= 0.6 is 22.9 Å². The molecule has 0 bridgehead atoms. The molecule has 2 unspecified atom stereocenters. The number of nitrogens with zero attached hydrogens (tertiary/aromatic N) is 5. The largest absolute Gasteiger partial charge is 0.483 e. The van der Waals surface area contributed by atoms with Gasteiger partial charge in [0.25, 0.3) is 0 Å². The molecule has 14 heteroatoms. The number of nitrogens with two attached hydrogens (primary N) is 1. The fourth-order valence-electron chi connectivity index (χ4n) is 7.62. The first-order valence-electron chi connectivity index (χ1n) is 14.8. The van der Waals surface area contributed by atoms with E-state index in [1.165, 1.54) is 12.1 Å². The first kappa shape index (κ1) is 28.9. The number of alkyl halides is 1. The third-order valence-corrected chi connectivity index (χ3v) is 11.1. The minimum Gasteiger partial charge on any atom is -0.483 e. The van der Waals surface area contributed by atoms with Gasteiger partial charge in [-0.2, -0.15) is 15.2 Å². The van der Waals surface area contributed by atoms with Gasteiger partial charge in [0.1, 0.15) is 47.1 Å². The summed E-state index contributed by atoms with van der Waals surface area (Å²) in [6.07, 6.45) is 1.30. The van der Waals surface area contributed by atoms with Crippen molar-refractivity contribution >= 4 is 54.7 Å². The van der Waals surface area contributed by atoms with E-state index in [0.717, 1.165) is 30.7 Å². The second kappa shape index (κ2) is 10.5. The second-order valence-corrected chi connectivity index (χ2v) is 13.6. The van der Waals surface area contributed by atoms with E-state index < -0.39 is 29.4 Å². The molecule has 4 aromatic rings. The van der Waals surface area contributed by atoms with Crippen molar-refractivity contribution in [3.8, 4) is 29.0 Å². The molecular weight excluding hydrogens is 629 g/mol. The Morgan fingerprint density at radius 3 is 2.96 bits per heavy atom. The van der Waals surface area contributed by atoms with Crippen molar-refractivity contribution in [1.29, 1.82) is 5.26 Å². The fraction of sp³-hybridized carbons (Fsp3) is 0.452. The van der Waals surface area contributed by atoms with E-state index in [-0.39, 0.29) is 78.7 Å². The van der Waals surface area contributed by atoms with Crippen LogP contribution < -0.4 is 20.1 Å². The minimum atomic E-state index is -0.938. The molecule has 45 heavy (non-hydrogen) atoms. The Labute approximate surface area is 265 Å². The number of thiophene rings is 1. The van der Waals surface area contributed by atoms with Gasteiger partial charge in [0.15, 0.2) is 11.6 Å². The third kappa shape index (κ3) is 4.26. The minimum absolute atomic E-state index is 0.0304. The molecule has 3 fully saturated rings. The van der Waals surface area contributed by atoms with E-state index in [4.69, 9.17) is 36.5 Å². The maximum absolute atomic E-state index is 17.0. The lowest BCUT2D eigenvalue weighted by atomic mass is 9.95. The van der Waals surface area contributed by atoms with Gasteiger partial charge in [0.2, 0.25) is 0 Å². The summed E-state index contributed by atoms with van der Waals surface area (Å²) in [6, 6.07) is 4.37. The van der Waals surface area contributed by atoms with Crippen LogP contribution in [0.1, 0.15) is 31.2 Å². The van der Waals surface area contributed by atoms with Gasteiger partial charge in [-0.25, -0.2) is 13.2 Å². The molecule has 9 nitrogen and oxygen atoms in total. The van der Waals surface area contributed by atoms with E-state index in [0.29, 0.717) is 31.8 Å². The molecule has 4 atom stereocenters. The molecule has 0 saturated carbocycles. The van der Waals surface area contributed by atoms with Gasteiger partial charge in [-0.15, -0.1) is 11.3 Å². The number of hydrogen-bond donors (Lipinski definition) is 1. The van der Waals surface area contributed by atoms with Gasteiger partial charge in [-0.1, -0.05) is 17.7 Å². The highest BCUT2D eigenvalue weighted by molar-refractivity contribution is 7.23. The molecule has 0 amide bonds. The molecule has 234 valence electrons. The standard InChI is InChI=1S/C31H28ClF3N6O3S/c1-40-18-5-8-42-12-19(18)44-26-22-25(38-30(39-29(22)40)43-13-31-6-2-7-41(31)11-14(33)9-31)24(35)21(23(26)32)15-3-4-17(34)27-20(15)16(10-36)28(37)45-27/h3-4,14,18-19H,2,5-9,11-13,37H2,1H3/t14-,18?,19?,31+/m1/s1. The molecule has 2 aromatic carbocycles. The van der Waals surface area contributed by atoms with E-state index in [9.17, 15) is 14.0 Å². The predicted molar refractivity (Wildman–Crippen MR) is 165 cm³/mol. The van der Waals surface area contributed by atoms with Crippen molar-refractivity contribution < 1.29 is 27.4 Å². The Bertz CT molecular complexity index is 1940. The lowest BCUT2D eigenvalue weighted by Crippen LogP contribution is -2.49. The van der Waals surface area contributed by atoms with Crippen LogP contribution in [0, 0.1) is 23.0 Å². The molecule has 6 heterocycles. The van der Waals surface area contributed by atoms with Gasteiger partial charge in [0.05, 0.1) is 38.9 Å². The van der Waals surface area contributed by atoms with Gasteiger partial charge in [0, 0.05) is 37.6 Å². The summed E-state index contributed by atoms with van der Waals surface area (Å²) in [7, 11) is 1.85. The summed E-state index contributed by atoms with van der Waals surface area (Å²) in [5, 5.41) is 10.4. The Kier molecular flexibility index (Phi) is 6.73.